The van der Waals surface area contributed by atoms with Crippen molar-refractivity contribution in [1.82, 2.24) is 14.6 Å². The maximum absolute atomic E-state index is 12.7. The van der Waals surface area contributed by atoms with Crippen LogP contribution in [0.3, 0.4) is 0 Å². The molecule has 0 spiro atoms. The van der Waals surface area contributed by atoms with Crippen molar-refractivity contribution < 1.29 is 13.2 Å². The molecule has 1 aliphatic rings. The van der Waals surface area contributed by atoms with Crippen molar-refractivity contribution >= 4 is 10.0 Å². The van der Waals surface area contributed by atoms with Crippen molar-refractivity contribution in [2.24, 2.45) is 0 Å². The molecule has 108 valence electrons. The Morgan fingerprint density at radius 1 is 1.53 bits per heavy atom. The van der Waals surface area contributed by atoms with E-state index in [0.29, 0.717) is 31.2 Å². The summed E-state index contributed by atoms with van der Waals surface area (Å²) in [5.41, 5.74) is 0.337. The van der Waals surface area contributed by atoms with Gasteiger partial charge in [0.1, 0.15) is 0 Å². The Morgan fingerprint density at radius 3 is 2.89 bits per heavy atom. The highest BCUT2D eigenvalue weighted by Crippen LogP contribution is 2.27. The highest BCUT2D eigenvalue weighted by molar-refractivity contribution is 7.89. The molecule has 1 aliphatic heterocycles. The van der Waals surface area contributed by atoms with Crippen molar-refractivity contribution in [3.05, 3.63) is 18.0 Å². The average Bonchev–Trinajstić information content (AvgIpc) is 2.78. The van der Waals surface area contributed by atoms with Gasteiger partial charge >= 0.3 is 0 Å². The number of sulfonamides is 1. The first kappa shape index (κ1) is 14.5. The number of morpholine rings is 1. The summed E-state index contributed by atoms with van der Waals surface area (Å²) in [7, 11) is -1.65. The first-order valence-corrected chi connectivity index (χ1v) is 7.74. The number of aromatic amines is 1. The zero-order chi connectivity index (χ0) is 14.1. The van der Waals surface area contributed by atoms with Crippen molar-refractivity contribution in [2.45, 2.75) is 30.8 Å². The van der Waals surface area contributed by atoms with Crippen LogP contribution >= 0.6 is 0 Å². The molecule has 0 aromatic carbocycles. The number of hydrogen-bond acceptors (Lipinski definition) is 4. The first-order valence-electron chi connectivity index (χ1n) is 6.30. The van der Waals surface area contributed by atoms with E-state index in [9.17, 15) is 8.42 Å². The third-order valence-corrected chi connectivity index (χ3v) is 5.33. The van der Waals surface area contributed by atoms with E-state index in [0.717, 1.165) is 5.69 Å². The fraction of sp³-hybridized carbons (Fsp3) is 0.667. The molecule has 1 aromatic heterocycles. The van der Waals surface area contributed by atoms with Crippen LogP contribution in [-0.2, 0) is 21.3 Å². The molecule has 0 aliphatic carbocycles. The summed E-state index contributed by atoms with van der Waals surface area (Å²) in [6.45, 7) is 5.62. The second-order valence-corrected chi connectivity index (χ2v) is 7.20. The number of hydrogen-bond donors (Lipinski definition) is 2. The van der Waals surface area contributed by atoms with Gasteiger partial charge in [0.05, 0.1) is 23.6 Å². The Morgan fingerprint density at radius 2 is 2.26 bits per heavy atom. The maximum Gasteiger partial charge on any atom is 0.245 e. The SMILES string of the molecule is CNCc1cc(S(=O)(=O)N2CCOCC2(C)C)c[nH]1. The third-order valence-electron chi connectivity index (χ3n) is 3.24. The lowest BCUT2D eigenvalue weighted by Crippen LogP contribution is -2.55. The van der Waals surface area contributed by atoms with Crippen molar-refractivity contribution in [3.63, 3.8) is 0 Å². The molecule has 7 heteroatoms. The second-order valence-electron chi connectivity index (χ2n) is 5.33. The van der Waals surface area contributed by atoms with Gasteiger partial charge in [0.15, 0.2) is 0 Å². The molecular weight excluding hydrogens is 266 g/mol. The zero-order valence-electron chi connectivity index (χ0n) is 11.6. The molecular formula is C12H21N3O3S. The van der Waals surface area contributed by atoms with Crippen molar-refractivity contribution in [1.29, 1.82) is 0 Å². The second kappa shape index (κ2) is 5.24. The molecule has 0 atom stereocenters. The Hall–Kier alpha value is -0.890. The van der Waals surface area contributed by atoms with Crippen LogP contribution in [0, 0.1) is 0 Å². The number of nitrogens with one attached hydrogen (secondary N) is 2. The third kappa shape index (κ3) is 2.84. The van der Waals surface area contributed by atoms with Gasteiger partial charge in [0.25, 0.3) is 0 Å². The molecule has 0 unspecified atom stereocenters. The van der Waals surface area contributed by atoms with Gasteiger partial charge in [-0.25, -0.2) is 8.42 Å². The van der Waals surface area contributed by atoms with Gasteiger partial charge in [0.2, 0.25) is 10.0 Å². The van der Waals surface area contributed by atoms with Crippen LogP contribution in [0.2, 0.25) is 0 Å². The Kier molecular flexibility index (Phi) is 4.00. The van der Waals surface area contributed by atoms with Crippen molar-refractivity contribution in [3.8, 4) is 0 Å². The average molecular weight is 287 g/mol. The van der Waals surface area contributed by atoms with Crippen LogP contribution in [0.1, 0.15) is 19.5 Å². The summed E-state index contributed by atoms with van der Waals surface area (Å²) in [6, 6.07) is 1.68. The Balaban J connectivity index is 2.30. The number of H-pyrrole nitrogens is 1. The molecule has 2 N–H and O–H groups in total. The highest BCUT2D eigenvalue weighted by atomic mass is 32.2. The first-order chi connectivity index (χ1) is 8.88. The molecule has 19 heavy (non-hydrogen) atoms. The molecule has 6 nitrogen and oxygen atoms in total. The van der Waals surface area contributed by atoms with Crippen LogP contribution in [-0.4, -0.2) is 50.1 Å². The van der Waals surface area contributed by atoms with E-state index in [2.05, 4.69) is 10.3 Å². The predicted molar refractivity (Wildman–Crippen MR) is 72.3 cm³/mol. The molecule has 2 heterocycles. The van der Waals surface area contributed by atoms with E-state index in [4.69, 9.17) is 4.74 Å². The van der Waals surface area contributed by atoms with E-state index in [1.807, 2.05) is 20.9 Å². The molecule has 2 rings (SSSR count). The van der Waals surface area contributed by atoms with Gasteiger partial charge in [-0.2, -0.15) is 4.31 Å². The number of ether oxygens (including phenoxy) is 1. The molecule has 0 amide bonds. The standard InChI is InChI=1S/C12H21N3O3S/c1-12(2)9-18-5-4-15(12)19(16,17)11-6-10(7-13-3)14-8-11/h6,8,13-14H,4-5,7,9H2,1-3H3. The van der Waals surface area contributed by atoms with E-state index in [1.165, 1.54) is 4.31 Å². The van der Waals surface area contributed by atoms with Crippen LogP contribution < -0.4 is 5.32 Å². The molecule has 1 saturated heterocycles. The van der Waals surface area contributed by atoms with Gasteiger partial charge in [-0.15, -0.1) is 0 Å². The Labute approximate surface area is 114 Å². The van der Waals surface area contributed by atoms with Gasteiger partial charge in [0, 0.05) is 25.0 Å². The molecule has 1 fully saturated rings. The van der Waals surface area contributed by atoms with E-state index < -0.39 is 15.6 Å². The summed E-state index contributed by atoms with van der Waals surface area (Å²) in [5.74, 6) is 0. The van der Waals surface area contributed by atoms with Gasteiger partial charge < -0.3 is 15.0 Å². The molecule has 0 radical (unpaired) electrons. The van der Waals surface area contributed by atoms with E-state index in [-0.39, 0.29) is 0 Å². The normalized spacial score (nSPS) is 20.6. The van der Waals surface area contributed by atoms with Crippen LogP contribution in [0.4, 0.5) is 0 Å². The monoisotopic (exact) mass is 287 g/mol. The number of rotatable bonds is 4. The summed E-state index contributed by atoms with van der Waals surface area (Å²) < 4.78 is 32.2. The molecule has 1 aromatic rings. The minimum atomic E-state index is -3.47. The minimum absolute atomic E-state index is 0.313. The van der Waals surface area contributed by atoms with Crippen LogP contribution in [0.25, 0.3) is 0 Å². The minimum Gasteiger partial charge on any atom is -0.378 e. The van der Waals surface area contributed by atoms with E-state index in [1.54, 1.807) is 12.3 Å². The van der Waals surface area contributed by atoms with Crippen LogP contribution in [0.15, 0.2) is 17.2 Å². The lowest BCUT2D eigenvalue weighted by Gasteiger charge is -2.40. The molecule has 0 bridgehead atoms. The van der Waals surface area contributed by atoms with E-state index >= 15 is 0 Å². The van der Waals surface area contributed by atoms with Gasteiger partial charge in [-0.1, -0.05) is 0 Å². The summed E-state index contributed by atoms with van der Waals surface area (Å²) in [5, 5.41) is 2.98. The number of nitrogens with zero attached hydrogens (tertiary/aromatic N) is 1. The summed E-state index contributed by atoms with van der Waals surface area (Å²) in [4.78, 5) is 3.29. The van der Waals surface area contributed by atoms with Gasteiger partial charge in [-0.05, 0) is 27.0 Å². The maximum atomic E-state index is 12.7. The largest absolute Gasteiger partial charge is 0.378 e. The fourth-order valence-corrected chi connectivity index (χ4v) is 4.05. The van der Waals surface area contributed by atoms with Crippen molar-refractivity contribution in [2.75, 3.05) is 26.8 Å². The zero-order valence-corrected chi connectivity index (χ0v) is 12.4. The lowest BCUT2D eigenvalue weighted by molar-refractivity contribution is -0.00770. The highest BCUT2D eigenvalue weighted by Gasteiger charge is 2.40. The summed E-state index contributed by atoms with van der Waals surface area (Å²) >= 11 is 0. The fourth-order valence-electron chi connectivity index (χ4n) is 2.28. The summed E-state index contributed by atoms with van der Waals surface area (Å²) in [6.07, 6.45) is 1.55. The quantitative estimate of drug-likeness (QED) is 0.847. The topological polar surface area (TPSA) is 74.4 Å². The lowest BCUT2D eigenvalue weighted by atomic mass is 10.1. The molecule has 0 saturated carbocycles. The van der Waals surface area contributed by atoms with Gasteiger partial charge in [-0.3, -0.25) is 0 Å². The Bertz CT molecular complexity index is 536. The number of aromatic nitrogens is 1. The predicted octanol–water partition coefficient (Wildman–Crippen LogP) is 0.534. The smallest absolute Gasteiger partial charge is 0.245 e. The van der Waals surface area contributed by atoms with Crippen LogP contribution in [0.5, 0.6) is 0 Å².